The Kier molecular flexibility index (Phi) is 4.27. The second kappa shape index (κ2) is 6.34. The van der Waals surface area contributed by atoms with Gasteiger partial charge in [-0.3, -0.25) is 4.98 Å². The molecule has 5 nitrogen and oxygen atoms in total. The summed E-state index contributed by atoms with van der Waals surface area (Å²) in [6.45, 7) is 0.559. The van der Waals surface area contributed by atoms with E-state index in [9.17, 15) is 0 Å². The molecule has 7 heteroatoms. The Morgan fingerprint density at radius 3 is 2.86 bits per heavy atom. The van der Waals surface area contributed by atoms with E-state index in [1.807, 2.05) is 29.8 Å². The summed E-state index contributed by atoms with van der Waals surface area (Å²) >= 11 is 12.2. The van der Waals surface area contributed by atoms with Gasteiger partial charge in [0.05, 0.1) is 15.7 Å². The van der Waals surface area contributed by atoms with Gasteiger partial charge in [-0.25, -0.2) is 0 Å². The van der Waals surface area contributed by atoms with Crippen molar-refractivity contribution >= 4 is 28.9 Å². The van der Waals surface area contributed by atoms with Crippen LogP contribution in [0.5, 0.6) is 0 Å². The molecule has 0 saturated heterocycles. The number of anilines is 1. The zero-order valence-electron chi connectivity index (χ0n) is 11.8. The Morgan fingerprint density at radius 2 is 2.09 bits per heavy atom. The van der Waals surface area contributed by atoms with E-state index in [0.29, 0.717) is 16.6 Å². The van der Waals surface area contributed by atoms with Gasteiger partial charge >= 0.3 is 0 Å². The average molecular weight is 334 g/mol. The third-order valence-electron chi connectivity index (χ3n) is 3.22. The van der Waals surface area contributed by atoms with Gasteiger partial charge in [0.2, 0.25) is 0 Å². The standard InChI is InChI=1S/C15H13Cl2N5/c1-22-9-20-21-15(22)11-5-12(8-18-6-11)19-7-10-3-2-4-13(16)14(10)17/h2-6,8-9,19H,7H2,1H3. The van der Waals surface area contributed by atoms with E-state index in [1.165, 1.54) is 0 Å². The van der Waals surface area contributed by atoms with Crippen LogP contribution in [0, 0.1) is 0 Å². The van der Waals surface area contributed by atoms with E-state index >= 15 is 0 Å². The highest BCUT2D eigenvalue weighted by Gasteiger charge is 2.07. The Bertz CT molecular complexity index is 800. The van der Waals surface area contributed by atoms with Crippen LogP contribution < -0.4 is 5.32 Å². The highest BCUT2D eigenvalue weighted by Crippen LogP contribution is 2.26. The number of hydrogen-bond donors (Lipinski definition) is 1. The molecular formula is C15H13Cl2N5. The van der Waals surface area contributed by atoms with Crippen LogP contribution in [0.1, 0.15) is 5.56 Å². The average Bonchev–Trinajstić information content (AvgIpc) is 2.95. The molecule has 0 aliphatic rings. The van der Waals surface area contributed by atoms with Gasteiger partial charge in [0, 0.05) is 31.5 Å². The van der Waals surface area contributed by atoms with Crippen LogP contribution in [-0.2, 0) is 13.6 Å². The van der Waals surface area contributed by atoms with Gasteiger partial charge in [-0.05, 0) is 17.7 Å². The van der Waals surface area contributed by atoms with E-state index in [4.69, 9.17) is 23.2 Å². The quantitative estimate of drug-likeness (QED) is 0.789. The number of nitrogens with one attached hydrogen (secondary N) is 1. The molecule has 0 spiro atoms. The number of hydrogen-bond acceptors (Lipinski definition) is 4. The second-order valence-corrected chi connectivity index (χ2v) is 5.58. The van der Waals surface area contributed by atoms with Crippen molar-refractivity contribution in [3.8, 4) is 11.4 Å². The van der Waals surface area contributed by atoms with Crippen molar-refractivity contribution < 1.29 is 0 Å². The van der Waals surface area contributed by atoms with Crippen molar-refractivity contribution in [2.45, 2.75) is 6.54 Å². The third-order valence-corrected chi connectivity index (χ3v) is 4.08. The summed E-state index contributed by atoms with van der Waals surface area (Å²) in [6, 6.07) is 7.54. The number of aromatic nitrogens is 4. The van der Waals surface area contributed by atoms with Crippen molar-refractivity contribution in [3.63, 3.8) is 0 Å². The summed E-state index contributed by atoms with van der Waals surface area (Å²) < 4.78 is 1.84. The van der Waals surface area contributed by atoms with Crippen molar-refractivity contribution in [2.75, 3.05) is 5.32 Å². The van der Waals surface area contributed by atoms with E-state index in [0.717, 1.165) is 22.6 Å². The van der Waals surface area contributed by atoms with Gasteiger partial charge in [-0.1, -0.05) is 35.3 Å². The number of benzene rings is 1. The minimum atomic E-state index is 0.548. The van der Waals surface area contributed by atoms with Gasteiger partial charge in [-0.2, -0.15) is 0 Å². The number of nitrogens with zero attached hydrogens (tertiary/aromatic N) is 4. The SMILES string of the molecule is Cn1cnnc1-c1cncc(NCc2cccc(Cl)c2Cl)c1. The lowest BCUT2D eigenvalue weighted by Gasteiger charge is -2.09. The summed E-state index contributed by atoms with van der Waals surface area (Å²) in [6.07, 6.45) is 5.15. The highest BCUT2D eigenvalue weighted by atomic mass is 35.5. The lowest BCUT2D eigenvalue weighted by atomic mass is 10.2. The summed E-state index contributed by atoms with van der Waals surface area (Å²) in [5.74, 6) is 0.761. The Hall–Kier alpha value is -2.11. The highest BCUT2D eigenvalue weighted by molar-refractivity contribution is 6.42. The molecule has 0 bridgehead atoms. The molecule has 2 heterocycles. The normalized spacial score (nSPS) is 10.7. The third kappa shape index (κ3) is 3.05. The zero-order valence-corrected chi connectivity index (χ0v) is 13.3. The van der Waals surface area contributed by atoms with Gasteiger partial charge in [0.25, 0.3) is 0 Å². The van der Waals surface area contributed by atoms with Crippen LogP contribution in [0.3, 0.4) is 0 Å². The fourth-order valence-corrected chi connectivity index (χ4v) is 2.47. The molecule has 0 saturated carbocycles. The number of rotatable bonds is 4. The monoisotopic (exact) mass is 333 g/mol. The molecule has 3 aromatic rings. The van der Waals surface area contributed by atoms with Gasteiger partial charge < -0.3 is 9.88 Å². The smallest absolute Gasteiger partial charge is 0.165 e. The number of halogens is 2. The molecule has 0 aliphatic heterocycles. The largest absolute Gasteiger partial charge is 0.380 e. The molecule has 0 amide bonds. The van der Waals surface area contributed by atoms with Crippen LogP contribution in [0.2, 0.25) is 10.0 Å². The lowest BCUT2D eigenvalue weighted by molar-refractivity contribution is 0.918. The zero-order chi connectivity index (χ0) is 15.5. The molecule has 1 N–H and O–H groups in total. The maximum atomic E-state index is 6.18. The van der Waals surface area contributed by atoms with Crippen LogP contribution in [0.4, 0.5) is 5.69 Å². The lowest BCUT2D eigenvalue weighted by Crippen LogP contribution is -2.01. The first-order chi connectivity index (χ1) is 10.6. The maximum absolute atomic E-state index is 6.18. The van der Waals surface area contributed by atoms with Gasteiger partial charge in [0.15, 0.2) is 5.82 Å². The minimum Gasteiger partial charge on any atom is -0.380 e. The fraction of sp³-hybridized carbons (Fsp3) is 0.133. The molecule has 0 unspecified atom stereocenters. The number of pyridine rings is 1. The summed E-state index contributed by atoms with van der Waals surface area (Å²) in [4.78, 5) is 4.23. The Morgan fingerprint density at radius 1 is 1.23 bits per heavy atom. The molecule has 2 aromatic heterocycles. The first-order valence-corrected chi connectivity index (χ1v) is 7.37. The summed E-state index contributed by atoms with van der Waals surface area (Å²) in [7, 11) is 1.89. The molecular weight excluding hydrogens is 321 g/mol. The van der Waals surface area contributed by atoms with Gasteiger partial charge in [0.1, 0.15) is 6.33 Å². The second-order valence-electron chi connectivity index (χ2n) is 4.79. The van der Waals surface area contributed by atoms with Gasteiger partial charge in [-0.15, -0.1) is 10.2 Å². The predicted octanol–water partition coefficient (Wildman–Crippen LogP) is 3.80. The van der Waals surface area contributed by atoms with Crippen LogP contribution in [0.15, 0.2) is 43.0 Å². The first-order valence-electron chi connectivity index (χ1n) is 6.61. The van der Waals surface area contributed by atoms with Crippen LogP contribution in [-0.4, -0.2) is 19.7 Å². The molecule has 22 heavy (non-hydrogen) atoms. The minimum absolute atomic E-state index is 0.548. The van der Waals surface area contributed by atoms with Crippen LogP contribution in [0.25, 0.3) is 11.4 Å². The molecule has 112 valence electrons. The molecule has 0 atom stereocenters. The van der Waals surface area contributed by atoms with Crippen molar-refractivity contribution in [1.29, 1.82) is 0 Å². The Balaban J connectivity index is 1.79. The maximum Gasteiger partial charge on any atom is 0.165 e. The van der Waals surface area contributed by atoms with Crippen molar-refractivity contribution in [3.05, 3.63) is 58.6 Å². The number of aryl methyl sites for hydroxylation is 1. The van der Waals surface area contributed by atoms with E-state index in [-0.39, 0.29) is 0 Å². The summed E-state index contributed by atoms with van der Waals surface area (Å²) in [5, 5.41) is 12.4. The molecule has 0 radical (unpaired) electrons. The van der Waals surface area contributed by atoms with Crippen molar-refractivity contribution in [2.24, 2.45) is 7.05 Å². The molecule has 0 aliphatic carbocycles. The Labute approximate surface area is 137 Å². The van der Waals surface area contributed by atoms with E-state index in [1.54, 1.807) is 24.8 Å². The molecule has 3 rings (SSSR count). The van der Waals surface area contributed by atoms with E-state index < -0.39 is 0 Å². The topological polar surface area (TPSA) is 55.6 Å². The predicted molar refractivity (Wildman–Crippen MR) is 88.0 cm³/mol. The summed E-state index contributed by atoms with van der Waals surface area (Å²) in [5.41, 5.74) is 2.69. The van der Waals surface area contributed by atoms with Crippen LogP contribution >= 0.6 is 23.2 Å². The molecule has 0 fully saturated rings. The van der Waals surface area contributed by atoms with E-state index in [2.05, 4.69) is 20.5 Å². The first kappa shape index (κ1) is 14.8. The van der Waals surface area contributed by atoms with Crippen molar-refractivity contribution in [1.82, 2.24) is 19.7 Å². The fourth-order valence-electron chi connectivity index (χ4n) is 2.09. The molecule has 1 aromatic carbocycles.